The second-order valence-corrected chi connectivity index (χ2v) is 10.6. The van der Waals surface area contributed by atoms with Gasteiger partial charge in [-0.3, -0.25) is 19.7 Å². The molecular formula is C31H29N3O7. The number of fused-ring (bicyclic) bond motifs is 4. The first-order valence-electron chi connectivity index (χ1n) is 13.6. The molecule has 0 aliphatic carbocycles. The lowest BCUT2D eigenvalue weighted by Crippen LogP contribution is -2.53. The summed E-state index contributed by atoms with van der Waals surface area (Å²) in [5.41, 5.74) is 1.89. The Morgan fingerprint density at radius 1 is 0.927 bits per heavy atom. The van der Waals surface area contributed by atoms with Gasteiger partial charge in [0.15, 0.2) is 11.5 Å². The number of aromatic hydroxyl groups is 2. The van der Waals surface area contributed by atoms with E-state index in [1.807, 2.05) is 25.1 Å². The number of imide groups is 1. The average Bonchev–Trinajstić information content (AvgIpc) is 3.54. The van der Waals surface area contributed by atoms with Gasteiger partial charge >= 0.3 is 5.97 Å². The number of phenolic OH excluding ortho intramolecular Hbond substituents is 2. The molecule has 3 aromatic rings. The summed E-state index contributed by atoms with van der Waals surface area (Å²) in [5.74, 6) is -4.42. The highest BCUT2D eigenvalue weighted by atomic mass is 16.5. The van der Waals surface area contributed by atoms with E-state index in [2.05, 4.69) is 10.6 Å². The van der Waals surface area contributed by atoms with E-state index in [-0.39, 0.29) is 30.1 Å². The van der Waals surface area contributed by atoms with E-state index >= 15 is 0 Å². The van der Waals surface area contributed by atoms with Crippen molar-refractivity contribution >= 4 is 35.1 Å². The van der Waals surface area contributed by atoms with Crippen LogP contribution < -0.4 is 15.5 Å². The van der Waals surface area contributed by atoms with Crippen molar-refractivity contribution in [1.82, 2.24) is 5.32 Å². The van der Waals surface area contributed by atoms with E-state index in [4.69, 9.17) is 4.74 Å². The Labute approximate surface area is 235 Å². The van der Waals surface area contributed by atoms with E-state index in [1.165, 1.54) is 36.4 Å². The van der Waals surface area contributed by atoms with Crippen molar-refractivity contribution < 1.29 is 34.1 Å². The number of esters is 1. The molecule has 4 atom stereocenters. The Hall–Kier alpha value is -4.70. The molecule has 0 unspecified atom stereocenters. The number of phenols is 2. The molecular weight excluding hydrogens is 526 g/mol. The normalized spacial score (nSPS) is 24.5. The fourth-order valence-corrected chi connectivity index (χ4v) is 6.41. The van der Waals surface area contributed by atoms with Crippen LogP contribution in [0.25, 0.3) is 0 Å². The summed E-state index contributed by atoms with van der Waals surface area (Å²) in [7, 11) is 0. The molecule has 0 radical (unpaired) electrons. The Morgan fingerprint density at radius 3 is 2.34 bits per heavy atom. The van der Waals surface area contributed by atoms with Gasteiger partial charge in [0, 0.05) is 17.3 Å². The van der Waals surface area contributed by atoms with Gasteiger partial charge in [0.25, 0.3) is 0 Å². The molecule has 6 rings (SSSR count). The number of rotatable bonds is 6. The van der Waals surface area contributed by atoms with E-state index < -0.39 is 47.1 Å². The maximum absolute atomic E-state index is 14.2. The predicted octanol–water partition coefficient (Wildman–Crippen LogP) is 3.00. The molecule has 0 aromatic heterocycles. The second kappa shape index (κ2) is 9.74. The van der Waals surface area contributed by atoms with Crippen molar-refractivity contribution in [2.45, 2.75) is 38.3 Å². The number of hydrogen-bond acceptors (Lipinski definition) is 8. The third kappa shape index (κ3) is 3.97. The SMILES string of the molecule is CCOC(=O)c1ccc(N2C(=O)[C@H]3[C@@H](C2=O)[C@@]2(N[C@@H]3Cc3ccc(O)c(O)c3)C(=O)Nc3ccc(CC)cc32)cc1. The smallest absolute Gasteiger partial charge is 0.338 e. The van der Waals surface area contributed by atoms with Gasteiger partial charge in [-0.15, -0.1) is 0 Å². The average molecular weight is 556 g/mol. The lowest BCUT2D eigenvalue weighted by atomic mass is 9.76. The van der Waals surface area contributed by atoms with Crippen LogP contribution in [0.2, 0.25) is 0 Å². The molecule has 3 aliphatic heterocycles. The Kier molecular flexibility index (Phi) is 6.30. The number of hydrogen-bond donors (Lipinski definition) is 4. The topological polar surface area (TPSA) is 145 Å². The van der Waals surface area contributed by atoms with E-state index in [9.17, 15) is 29.4 Å². The summed E-state index contributed by atoms with van der Waals surface area (Å²) < 4.78 is 5.04. The van der Waals surface area contributed by atoms with Gasteiger partial charge in [-0.1, -0.05) is 25.1 Å². The van der Waals surface area contributed by atoms with Gasteiger partial charge in [0.1, 0.15) is 5.54 Å². The molecule has 10 nitrogen and oxygen atoms in total. The molecule has 10 heteroatoms. The van der Waals surface area contributed by atoms with Crippen LogP contribution in [-0.2, 0) is 37.5 Å². The number of carbonyl (C=O) groups excluding carboxylic acids is 4. The number of benzene rings is 3. The minimum atomic E-state index is -1.48. The molecule has 2 fully saturated rings. The first kappa shape index (κ1) is 26.5. The molecule has 3 heterocycles. The number of amides is 3. The van der Waals surface area contributed by atoms with Crippen molar-refractivity contribution in [2.24, 2.45) is 11.8 Å². The molecule has 41 heavy (non-hydrogen) atoms. The van der Waals surface area contributed by atoms with Crippen molar-refractivity contribution in [1.29, 1.82) is 0 Å². The van der Waals surface area contributed by atoms with E-state index in [0.29, 0.717) is 28.9 Å². The Bertz CT molecular complexity index is 1600. The lowest BCUT2D eigenvalue weighted by Gasteiger charge is -2.30. The molecule has 3 amide bonds. The summed E-state index contributed by atoms with van der Waals surface area (Å²) in [6.07, 6.45) is 0.926. The van der Waals surface area contributed by atoms with Gasteiger partial charge < -0.3 is 20.3 Å². The van der Waals surface area contributed by atoms with Crippen molar-refractivity contribution in [3.63, 3.8) is 0 Å². The summed E-state index contributed by atoms with van der Waals surface area (Å²) in [6, 6.07) is 15.4. The lowest BCUT2D eigenvalue weighted by molar-refractivity contribution is -0.130. The zero-order valence-electron chi connectivity index (χ0n) is 22.5. The third-order valence-corrected chi connectivity index (χ3v) is 8.32. The zero-order chi connectivity index (χ0) is 29.1. The van der Waals surface area contributed by atoms with Gasteiger partial charge in [0.2, 0.25) is 17.7 Å². The summed E-state index contributed by atoms with van der Waals surface area (Å²) in [5, 5.41) is 26.2. The van der Waals surface area contributed by atoms with Gasteiger partial charge in [-0.05, 0) is 73.4 Å². The fourth-order valence-electron chi connectivity index (χ4n) is 6.41. The standard InChI is InChI=1S/C31H29N3O7/c1-3-16-5-11-21-20(13-16)31(30(40)32-21)26-25(22(33-31)14-17-6-12-23(35)24(36)15-17)27(37)34(28(26)38)19-9-7-18(8-10-19)29(39)41-4-2/h5-13,15,22,25-26,33,35-36H,3-4,14H2,1-2H3,(H,32,40)/t22-,25-,26+,31-/m1/s1. The summed E-state index contributed by atoms with van der Waals surface area (Å²) in [4.78, 5) is 55.3. The highest BCUT2D eigenvalue weighted by Crippen LogP contribution is 2.54. The van der Waals surface area contributed by atoms with Crippen molar-refractivity contribution in [3.05, 3.63) is 82.9 Å². The number of nitrogens with one attached hydrogen (secondary N) is 2. The number of carbonyl (C=O) groups is 4. The van der Waals surface area contributed by atoms with Crippen LogP contribution in [0.3, 0.4) is 0 Å². The van der Waals surface area contributed by atoms with Gasteiger partial charge in [0.05, 0.1) is 29.7 Å². The predicted molar refractivity (Wildman–Crippen MR) is 148 cm³/mol. The number of nitrogens with zero attached hydrogens (tertiary/aromatic N) is 1. The van der Waals surface area contributed by atoms with Crippen LogP contribution in [0.1, 0.15) is 40.9 Å². The molecule has 2 saturated heterocycles. The molecule has 0 saturated carbocycles. The molecule has 3 aromatic carbocycles. The van der Waals surface area contributed by atoms with Crippen LogP contribution in [0.15, 0.2) is 60.7 Å². The highest BCUT2D eigenvalue weighted by Gasteiger charge is 2.70. The molecule has 0 bridgehead atoms. The van der Waals surface area contributed by atoms with Crippen LogP contribution in [0, 0.1) is 11.8 Å². The zero-order valence-corrected chi connectivity index (χ0v) is 22.5. The van der Waals surface area contributed by atoms with Crippen LogP contribution in [-0.4, -0.2) is 46.6 Å². The number of ether oxygens (including phenoxy) is 1. The number of anilines is 2. The fraction of sp³-hybridized carbons (Fsp3) is 0.290. The van der Waals surface area contributed by atoms with Crippen molar-refractivity contribution in [3.8, 4) is 11.5 Å². The van der Waals surface area contributed by atoms with Gasteiger partial charge in [-0.2, -0.15) is 0 Å². The summed E-state index contributed by atoms with van der Waals surface area (Å²) >= 11 is 0. The van der Waals surface area contributed by atoms with Crippen LogP contribution >= 0.6 is 0 Å². The van der Waals surface area contributed by atoms with Crippen molar-refractivity contribution in [2.75, 3.05) is 16.8 Å². The van der Waals surface area contributed by atoms with E-state index in [1.54, 1.807) is 13.0 Å². The highest BCUT2D eigenvalue weighted by molar-refractivity contribution is 6.25. The Morgan fingerprint density at radius 2 is 1.66 bits per heavy atom. The summed E-state index contributed by atoms with van der Waals surface area (Å²) in [6.45, 7) is 3.91. The second-order valence-electron chi connectivity index (χ2n) is 10.6. The number of aryl methyl sites for hydroxylation is 1. The van der Waals surface area contributed by atoms with Crippen LogP contribution in [0.4, 0.5) is 11.4 Å². The van der Waals surface area contributed by atoms with Crippen LogP contribution in [0.5, 0.6) is 11.5 Å². The first-order valence-corrected chi connectivity index (χ1v) is 13.6. The third-order valence-electron chi connectivity index (χ3n) is 8.32. The van der Waals surface area contributed by atoms with E-state index in [0.717, 1.165) is 10.5 Å². The minimum absolute atomic E-state index is 0.210. The Balaban J connectivity index is 1.44. The minimum Gasteiger partial charge on any atom is -0.504 e. The maximum Gasteiger partial charge on any atom is 0.338 e. The molecule has 210 valence electrons. The molecule has 3 aliphatic rings. The molecule has 4 N–H and O–H groups in total. The first-order chi connectivity index (χ1) is 19.7. The monoisotopic (exact) mass is 555 g/mol. The largest absolute Gasteiger partial charge is 0.504 e. The van der Waals surface area contributed by atoms with Gasteiger partial charge in [-0.25, -0.2) is 9.69 Å². The quantitative estimate of drug-likeness (QED) is 0.206. The molecule has 1 spiro atoms. The maximum atomic E-state index is 14.2.